The van der Waals surface area contributed by atoms with Crippen molar-refractivity contribution in [3.05, 3.63) is 59.7 Å². The lowest BCUT2D eigenvalue weighted by Gasteiger charge is -2.26. The van der Waals surface area contributed by atoms with E-state index in [2.05, 4.69) is 5.32 Å². The number of anilines is 1. The van der Waals surface area contributed by atoms with Crippen molar-refractivity contribution < 1.29 is 26.7 Å². The van der Waals surface area contributed by atoms with Gasteiger partial charge >= 0.3 is 0 Å². The molecule has 0 atom stereocenters. The van der Waals surface area contributed by atoms with Gasteiger partial charge in [-0.25, -0.2) is 17.2 Å². The van der Waals surface area contributed by atoms with Gasteiger partial charge in [-0.05, 0) is 36.8 Å². The Kier molecular flexibility index (Phi) is 7.58. The molecule has 1 aliphatic rings. The molecule has 2 aromatic rings. The van der Waals surface area contributed by atoms with Crippen LogP contribution in [-0.4, -0.2) is 65.1 Å². The number of hydrogen-bond donors (Lipinski definition) is 1. The summed E-state index contributed by atoms with van der Waals surface area (Å²) in [5.41, 5.74) is 0.109. The number of halogens is 2. The van der Waals surface area contributed by atoms with Gasteiger partial charge in [-0.15, -0.1) is 0 Å². The Balaban J connectivity index is 1.60. The third-order valence-electron chi connectivity index (χ3n) is 5.01. The van der Waals surface area contributed by atoms with Gasteiger partial charge in [0.2, 0.25) is 10.0 Å². The lowest BCUT2D eigenvalue weighted by Crippen LogP contribution is -2.40. The summed E-state index contributed by atoms with van der Waals surface area (Å²) in [7, 11) is -2.11. The number of carbonyl (C=O) groups is 1. The molecule has 0 aliphatic carbocycles. The van der Waals surface area contributed by atoms with Gasteiger partial charge < -0.3 is 15.0 Å². The number of nitrogens with zero attached hydrogens (tertiary/aromatic N) is 2. The summed E-state index contributed by atoms with van der Waals surface area (Å²) in [6, 6.07) is 9.56. The Morgan fingerprint density at radius 2 is 1.84 bits per heavy atom. The average molecular weight is 454 g/mol. The number of amides is 1. The van der Waals surface area contributed by atoms with Crippen molar-refractivity contribution in [2.45, 2.75) is 11.3 Å². The number of nitrogens with one attached hydrogen (secondary N) is 1. The van der Waals surface area contributed by atoms with E-state index < -0.39 is 21.7 Å². The third kappa shape index (κ3) is 5.57. The highest BCUT2D eigenvalue weighted by Gasteiger charge is 2.27. The second kappa shape index (κ2) is 10.2. The number of hydrogen-bond acceptors (Lipinski definition) is 5. The van der Waals surface area contributed by atoms with E-state index in [9.17, 15) is 22.0 Å². The van der Waals surface area contributed by atoms with Crippen molar-refractivity contribution in [3.8, 4) is 0 Å². The molecule has 31 heavy (non-hydrogen) atoms. The summed E-state index contributed by atoms with van der Waals surface area (Å²) in [6.07, 6.45) is 0.490. The summed E-state index contributed by atoms with van der Waals surface area (Å²) < 4.78 is 59.9. The largest absolute Gasteiger partial charge is 0.379 e. The number of carbonyl (C=O) groups excluding carboxylic acids is 1. The molecule has 0 spiro atoms. The van der Waals surface area contributed by atoms with Crippen molar-refractivity contribution >= 4 is 21.6 Å². The molecule has 0 aromatic heterocycles. The predicted octanol–water partition coefficient (Wildman–Crippen LogP) is 2.24. The molecule has 1 N–H and O–H groups in total. The molecule has 0 saturated carbocycles. The highest BCUT2D eigenvalue weighted by molar-refractivity contribution is 7.89. The first-order valence-corrected chi connectivity index (χ1v) is 11.4. The van der Waals surface area contributed by atoms with E-state index in [1.54, 1.807) is 30.1 Å². The number of sulfonamides is 1. The summed E-state index contributed by atoms with van der Waals surface area (Å²) in [5.74, 6) is -1.85. The molecule has 168 valence electrons. The summed E-state index contributed by atoms with van der Waals surface area (Å²) in [4.78, 5) is 14.0. The van der Waals surface area contributed by atoms with Crippen LogP contribution < -0.4 is 10.2 Å². The van der Waals surface area contributed by atoms with Gasteiger partial charge in [-0.3, -0.25) is 4.79 Å². The zero-order valence-electron chi connectivity index (χ0n) is 17.2. The van der Waals surface area contributed by atoms with Crippen LogP contribution in [0.3, 0.4) is 0 Å². The van der Waals surface area contributed by atoms with Crippen molar-refractivity contribution in [3.63, 3.8) is 0 Å². The Hall–Kier alpha value is -2.56. The van der Waals surface area contributed by atoms with E-state index in [4.69, 9.17) is 4.74 Å². The molecule has 10 heteroatoms. The first-order chi connectivity index (χ1) is 14.8. The molecule has 0 radical (unpaired) electrons. The highest BCUT2D eigenvalue weighted by Crippen LogP contribution is 2.20. The maximum Gasteiger partial charge on any atom is 0.254 e. The molecule has 3 rings (SSSR count). The number of morpholine rings is 1. The molecule has 2 aromatic carbocycles. The second-order valence-corrected chi connectivity index (χ2v) is 9.08. The minimum absolute atomic E-state index is 0.139. The van der Waals surface area contributed by atoms with Crippen LogP contribution in [0.2, 0.25) is 0 Å². The number of rotatable bonds is 8. The molecule has 1 aliphatic heterocycles. The quantitative estimate of drug-likeness (QED) is 0.621. The maximum absolute atomic E-state index is 14.2. The first kappa shape index (κ1) is 23.1. The van der Waals surface area contributed by atoms with Crippen LogP contribution in [0.25, 0.3) is 0 Å². The van der Waals surface area contributed by atoms with Gasteiger partial charge in [0.25, 0.3) is 5.91 Å². The number of benzene rings is 2. The maximum atomic E-state index is 14.2. The Bertz CT molecular complexity index is 1030. The summed E-state index contributed by atoms with van der Waals surface area (Å²) in [6.45, 7) is 1.67. The topological polar surface area (TPSA) is 79.0 Å². The second-order valence-electron chi connectivity index (χ2n) is 7.14. The van der Waals surface area contributed by atoms with Gasteiger partial charge in [-0.2, -0.15) is 4.31 Å². The minimum atomic E-state index is -3.84. The molecular weight excluding hydrogens is 428 g/mol. The van der Waals surface area contributed by atoms with Gasteiger partial charge in [0, 0.05) is 33.2 Å². The lowest BCUT2D eigenvalue weighted by molar-refractivity contribution is 0.0730. The monoisotopic (exact) mass is 453 g/mol. The normalized spacial score (nSPS) is 14.9. The van der Waals surface area contributed by atoms with Crippen molar-refractivity contribution in [1.29, 1.82) is 0 Å². The van der Waals surface area contributed by atoms with Crippen LogP contribution >= 0.6 is 0 Å². The SMILES string of the molecule is CN(CCCNC(=O)c1cc(S(=O)(=O)N2CCOCC2)ccc1F)c1ccccc1F. The van der Waals surface area contributed by atoms with E-state index in [1.807, 2.05) is 0 Å². The Morgan fingerprint density at radius 3 is 2.55 bits per heavy atom. The van der Waals surface area contributed by atoms with E-state index in [0.717, 1.165) is 18.2 Å². The predicted molar refractivity (Wildman–Crippen MR) is 113 cm³/mol. The molecule has 7 nitrogen and oxygen atoms in total. The molecule has 1 amide bonds. The van der Waals surface area contributed by atoms with Crippen molar-refractivity contribution in [2.75, 3.05) is 51.3 Å². The fourth-order valence-electron chi connectivity index (χ4n) is 3.27. The molecule has 1 fully saturated rings. The zero-order chi connectivity index (χ0) is 22.4. The summed E-state index contributed by atoms with van der Waals surface area (Å²) in [5, 5.41) is 2.59. The number of ether oxygens (including phenoxy) is 1. The van der Waals surface area contributed by atoms with Gasteiger partial charge in [0.05, 0.1) is 29.4 Å². The van der Waals surface area contributed by atoms with Gasteiger partial charge in [0.15, 0.2) is 0 Å². The van der Waals surface area contributed by atoms with Crippen molar-refractivity contribution in [2.24, 2.45) is 0 Å². The molecule has 1 heterocycles. The van der Waals surface area contributed by atoms with Gasteiger partial charge in [-0.1, -0.05) is 12.1 Å². The molecular formula is C21H25F2N3O4S. The van der Waals surface area contributed by atoms with Crippen molar-refractivity contribution in [1.82, 2.24) is 9.62 Å². The smallest absolute Gasteiger partial charge is 0.254 e. The fraction of sp³-hybridized carbons (Fsp3) is 0.381. The van der Waals surface area contributed by atoms with E-state index >= 15 is 0 Å². The summed E-state index contributed by atoms with van der Waals surface area (Å²) >= 11 is 0. The molecule has 0 bridgehead atoms. The Labute approximate surface area is 180 Å². The first-order valence-electron chi connectivity index (χ1n) is 9.92. The van der Waals surface area contributed by atoms with Crippen LogP contribution in [0.1, 0.15) is 16.8 Å². The van der Waals surface area contributed by atoms with Crippen LogP contribution in [0, 0.1) is 11.6 Å². The molecule has 0 unspecified atom stereocenters. The standard InChI is InChI=1S/C21H25F2N3O4S/c1-25(20-6-3-2-5-19(20)23)10-4-9-24-21(27)17-15-16(7-8-18(17)22)31(28,29)26-11-13-30-14-12-26/h2-3,5-8,15H,4,9-14H2,1H3,(H,24,27). The fourth-order valence-corrected chi connectivity index (χ4v) is 4.70. The molecule has 1 saturated heterocycles. The van der Waals surface area contributed by atoms with Crippen LogP contribution in [0.15, 0.2) is 47.4 Å². The highest BCUT2D eigenvalue weighted by atomic mass is 32.2. The zero-order valence-corrected chi connectivity index (χ0v) is 18.0. The average Bonchev–Trinajstić information content (AvgIpc) is 2.77. The van der Waals surface area contributed by atoms with Crippen LogP contribution in [0.4, 0.5) is 14.5 Å². The third-order valence-corrected chi connectivity index (χ3v) is 6.90. The van der Waals surface area contributed by atoms with E-state index in [-0.39, 0.29) is 49.1 Å². The van der Waals surface area contributed by atoms with Crippen LogP contribution in [-0.2, 0) is 14.8 Å². The van der Waals surface area contributed by atoms with E-state index in [1.165, 1.54) is 10.4 Å². The Morgan fingerprint density at radius 1 is 1.13 bits per heavy atom. The minimum Gasteiger partial charge on any atom is -0.379 e. The number of para-hydroxylation sites is 1. The van der Waals surface area contributed by atoms with Crippen LogP contribution in [0.5, 0.6) is 0 Å². The van der Waals surface area contributed by atoms with Gasteiger partial charge in [0.1, 0.15) is 11.6 Å². The lowest BCUT2D eigenvalue weighted by atomic mass is 10.2. The van der Waals surface area contributed by atoms with E-state index in [0.29, 0.717) is 18.7 Å².